The second-order valence-electron chi connectivity index (χ2n) is 9.75. The van der Waals surface area contributed by atoms with Crippen molar-refractivity contribution in [3.05, 3.63) is 23.8 Å². The molecule has 0 radical (unpaired) electrons. The lowest BCUT2D eigenvalue weighted by Gasteiger charge is -2.58. The molecule has 7 atom stereocenters. The van der Waals surface area contributed by atoms with Crippen molar-refractivity contribution in [2.75, 3.05) is 0 Å². The molecule has 1 N–H and O–H groups in total. The van der Waals surface area contributed by atoms with Crippen LogP contribution in [0.15, 0.2) is 23.8 Å². The molecule has 1 aliphatic heterocycles. The zero-order chi connectivity index (χ0) is 18.3. The number of rotatable bonds is 0. The minimum absolute atomic E-state index is 0.0781. The Morgan fingerprint density at radius 2 is 1.96 bits per heavy atom. The van der Waals surface area contributed by atoms with Gasteiger partial charge in [0.25, 0.3) is 0 Å². The Bertz CT molecular complexity index is 751. The molecule has 0 bridgehead atoms. The minimum atomic E-state index is -0.429. The van der Waals surface area contributed by atoms with Crippen molar-refractivity contribution < 1.29 is 19.4 Å². The van der Waals surface area contributed by atoms with Crippen LogP contribution in [0, 0.1) is 28.6 Å². The number of allylic oxidation sites excluding steroid dienone is 4. The normalized spacial score (nSPS) is 52.3. The summed E-state index contributed by atoms with van der Waals surface area (Å²) in [4.78, 5) is 23.8. The molecule has 0 aromatic carbocycles. The molecular formula is C22H28O4. The number of hydrogen-bond acceptors (Lipinski definition) is 4. The fraction of sp³-hybridized carbons (Fsp3) is 0.727. The van der Waals surface area contributed by atoms with E-state index >= 15 is 0 Å². The third-order valence-corrected chi connectivity index (χ3v) is 8.79. The molecule has 0 amide bonds. The fourth-order valence-electron chi connectivity index (χ4n) is 7.41. The second-order valence-corrected chi connectivity index (χ2v) is 9.75. The van der Waals surface area contributed by atoms with Gasteiger partial charge in [-0.15, -0.1) is 0 Å². The largest absolute Gasteiger partial charge is 0.458 e. The number of ketones is 1. The van der Waals surface area contributed by atoms with E-state index in [1.807, 2.05) is 0 Å². The highest BCUT2D eigenvalue weighted by molar-refractivity contribution is 5.92. The van der Waals surface area contributed by atoms with Crippen LogP contribution >= 0.6 is 0 Å². The van der Waals surface area contributed by atoms with Crippen molar-refractivity contribution in [1.82, 2.24) is 0 Å². The summed E-state index contributed by atoms with van der Waals surface area (Å²) in [5, 5.41) is 11.3. The van der Waals surface area contributed by atoms with E-state index in [-0.39, 0.29) is 40.0 Å². The molecule has 140 valence electrons. The average Bonchev–Trinajstić information content (AvgIpc) is 3.09. The summed E-state index contributed by atoms with van der Waals surface area (Å²) in [6, 6.07) is 0. The maximum absolute atomic E-state index is 11.9. The molecule has 1 heterocycles. The van der Waals surface area contributed by atoms with Crippen LogP contribution < -0.4 is 0 Å². The topological polar surface area (TPSA) is 63.6 Å². The lowest BCUT2D eigenvalue weighted by atomic mass is 9.47. The fourth-order valence-corrected chi connectivity index (χ4v) is 7.41. The Balaban J connectivity index is 1.58. The molecule has 26 heavy (non-hydrogen) atoms. The highest BCUT2D eigenvalue weighted by Crippen LogP contribution is 2.68. The summed E-state index contributed by atoms with van der Waals surface area (Å²) in [6.45, 7) is 4.48. The van der Waals surface area contributed by atoms with Crippen LogP contribution in [0.1, 0.15) is 58.8 Å². The van der Waals surface area contributed by atoms with E-state index in [4.69, 9.17) is 4.74 Å². The molecule has 4 heteroatoms. The van der Waals surface area contributed by atoms with Gasteiger partial charge < -0.3 is 9.84 Å². The van der Waals surface area contributed by atoms with Gasteiger partial charge in [-0.1, -0.05) is 26.0 Å². The summed E-state index contributed by atoms with van der Waals surface area (Å²) >= 11 is 0. The van der Waals surface area contributed by atoms with Crippen LogP contribution in [-0.4, -0.2) is 28.6 Å². The molecular weight excluding hydrogens is 328 g/mol. The van der Waals surface area contributed by atoms with Crippen LogP contribution in [0.4, 0.5) is 0 Å². The van der Waals surface area contributed by atoms with E-state index in [0.717, 1.165) is 31.3 Å². The van der Waals surface area contributed by atoms with Gasteiger partial charge in [0.1, 0.15) is 5.60 Å². The van der Waals surface area contributed by atoms with Gasteiger partial charge in [-0.05, 0) is 61.0 Å². The number of esters is 1. The number of aliphatic hydroxyl groups excluding tert-OH is 1. The van der Waals surface area contributed by atoms with Gasteiger partial charge in [0, 0.05) is 24.2 Å². The average molecular weight is 356 g/mol. The van der Waals surface area contributed by atoms with E-state index in [9.17, 15) is 14.7 Å². The first-order valence-corrected chi connectivity index (χ1v) is 10.1. The summed E-state index contributed by atoms with van der Waals surface area (Å²) in [6.07, 6.45) is 11.1. The van der Waals surface area contributed by atoms with E-state index in [2.05, 4.69) is 26.0 Å². The van der Waals surface area contributed by atoms with Gasteiger partial charge in [0.15, 0.2) is 5.78 Å². The van der Waals surface area contributed by atoms with Crippen molar-refractivity contribution >= 4 is 11.8 Å². The van der Waals surface area contributed by atoms with Crippen LogP contribution in [0.25, 0.3) is 0 Å². The van der Waals surface area contributed by atoms with E-state index < -0.39 is 6.10 Å². The van der Waals surface area contributed by atoms with Crippen molar-refractivity contribution in [2.45, 2.75) is 70.5 Å². The van der Waals surface area contributed by atoms with Crippen LogP contribution in [0.2, 0.25) is 0 Å². The van der Waals surface area contributed by atoms with Gasteiger partial charge in [-0.25, -0.2) is 0 Å². The lowest BCUT2D eigenvalue weighted by molar-refractivity contribution is -0.177. The molecule has 0 aromatic rings. The van der Waals surface area contributed by atoms with Crippen molar-refractivity contribution in [3.63, 3.8) is 0 Å². The third kappa shape index (κ3) is 1.89. The Labute approximate surface area is 154 Å². The number of fused-ring (bicyclic) bond motifs is 6. The van der Waals surface area contributed by atoms with Gasteiger partial charge in [0.05, 0.1) is 6.10 Å². The maximum atomic E-state index is 11.9. The molecule has 4 aliphatic carbocycles. The predicted molar refractivity (Wildman–Crippen MR) is 96.1 cm³/mol. The number of carbonyl (C=O) groups excluding carboxylic acids is 2. The number of ether oxygens (including phenoxy) is 1. The number of carbonyl (C=O) groups is 2. The molecule has 3 fully saturated rings. The van der Waals surface area contributed by atoms with Gasteiger partial charge in [-0.2, -0.15) is 0 Å². The molecule has 4 nitrogen and oxygen atoms in total. The first-order chi connectivity index (χ1) is 12.3. The molecule has 1 saturated heterocycles. The lowest BCUT2D eigenvalue weighted by Crippen LogP contribution is -2.58. The molecule has 0 aromatic heterocycles. The highest BCUT2D eigenvalue weighted by Gasteiger charge is 2.68. The first kappa shape index (κ1) is 16.7. The van der Waals surface area contributed by atoms with E-state index in [0.29, 0.717) is 25.2 Å². The zero-order valence-electron chi connectivity index (χ0n) is 15.7. The summed E-state index contributed by atoms with van der Waals surface area (Å²) in [5.74, 6) is 0.989. The van der Waals surface area contributed by atoms with E-state index in [1.54, 1.807) is 6.08 Å². The predicted octanol–water partition coefficient (Wildman–Crippen LogP) is 3.34. The van der Waals surface area contributed by atoms with Crippen molar-refractivity contribution in [1.29, 1.82) is 0 Å². The molecule has 2 saturated carbocycles. The molecule has 1 spiro atoms. The monoisotopic (exact) mass is 356 g/mol. The maximum Gasteiger partial charge on any atom is 0.306 e. The minimum Gasteiger partial charge on any atom is -0.458 e. The summed E-state index contributed by atoms with van der Waals surface area (Å²) < 4.78 is 5.93. The van der Waals surface area contributed by atoms with Crippen molar-refractivity contribution in [2.24, 2.45) is 28.6 Å². The van der Waals surface area contributed by atoms with Crippen LogP contribution in [0.3, 0.4) is 0 Å². The molecule has 5 aliphatic rings. The third-order valence-electron chi connectivity index (χ3n) is 8.79. The standard InChI is InChI=1S/C22H28O4/c1-20-8-5-14(23)11-13(20)3-4-15-16-6-9-22(10-7-18(25)26-22)21(16,2)12-17(24)19(15)20/h3-4,11,15-17,19,24H,5-10,12H2,1-2H3/t15?,16?,17?,19?,20-,21-,22+/m0/s1. The Kier molecular flexibility index (Phi) is 3.28. The van der Waals surface area contributed by atoms with Crippen LogP contribution in [-0.2, 0) is 14.3 Å². The van der Waals surface area contributed by atoms with Crippen molar-refractivity contribution in [3.8, 4) is 0 Å². The second kappa shape index (κ2) is 5.09. The van der Waals surface area contributed by atoms with E-state index in [1.165, 1.54) is 0 Å². The SMILES string of the molecule is C[C@]12CCC(=O)C=C1C=CC1C2C(O)C[C@@]2(C)C1CC[C@@]21CCC(=O)O1. The Morgan fingerprint density at radius 3 is 2.69 bits per heavy atom. The van der Waals surface area contributed by atoms with Crippen LogP contribution in [0.5, 0.6) is 0 Å². The Morgan fingerprint density at radius 1 is 1.15 bits per heavy atom. The first-order valence-electron chi connectivity index (χ1n) is 10.1. The summed E-state index contributed by atoms with van der Waals surface area (Å²) in [5.41, 5.74) is 0.425. The number of hydrogen-bond donors (Lipinski definition) is 1. The molecule has 4 unspecified atom stereocenters. The van der Waals surface area contributed by atoms with Gasteiger partial charge in [0.2, 0.25) is 0 Å². The van der Waals surface area contributed by atoms with Gasteiger partial charge in [-0.3, -0.25) is 9.59 Å². The zero-order valence-corrected chi connectivity index (χ0v) is 15.7. The smallest absolute Gasteiger partial charge is 0.306 e. The Hall–Kier alpha value is -1.42. The molecule has 5 rings (SSSR count). The number of aliphatic hydroxyl groups is 1. The summed E-state index contributed by atoms with van der Waals surface area (Å²) in [7, 11) is 0. The highest BCUT2D eigenvalue weighted by atomic mass is 16.6. The van der Waals surface area contributed by atoms with Gasteiger partial charge >= 0.3 is 5.97 Å². The quantitative estimate of drug-likeness (QED) is 0.676.